The van der Waals surface area contributed by atoms with Gasteiger partial charge in [-0.1, -0.05) is 11.6 Å². The van der Waals surface area contributed by atoms with Gasteiger partial charge in [-0.3, -0.25) is 9.89 Å². The number of hydrogen-bond donors (Lipinski definition) is 2. The van der Waals surface area contributed by atoms with Crippen LogP contribution in [0, 0.1) is 13.8 Å². The molecule has 0 aliphatic carbocycles. The van der Waals surface area contributed by atoms with Crippen LogP contribution in [0.5, 0.6) is 0 Å². The van der Waals surface area contributed by atoms with Crippen molar-refractivity contribution in [2.75, 3.05) is 5.32 Å². The van der Waals surface area contributed by atoms with E-state index in [1.54, 1.807) is 6.20 Å². The zero-order valence-electron chi connectivity index (χ0n) is 10.5. The lowest BCUT2D eigenvalue weighted by molar-refractivity contribution is 0.102. The van der Waals surface area contributed by atoms with Gasteiger partial charge in [0, 0.05) is 17.1 Å². The zero-order chi connectivity index (χ0) is 13.4. The van der Waals surface area contributed by atoms with Crippen LogP contribution in [0.1, 0.15) is 21.6 Å². The first-order valence-corrected chi connectivity index (χ1v) is 6.60. The van der Waals surface area contributed by atoms with Crippen LogP contribution in [0.2, 0.25) is 0 Å². The summed E-state index contributed by atoms with van der Waals surface area (Å²) in [5.41, 5.74) is 3.31. The number of aryl methyl sites for hydroxylation is 2. The maximum atomic E-state index is 12.2. The van der Waals surface area contributed by atoms with E-state index in [-0.39, 0.29) is 5.91 Å². The average Bonchev–Trinajstić information content (AvgIpc) is 2.96. The van der Waals surface area contributed by atoms with Crippen LogP contribution in [0.25, 0.3) is 10.9 Å². The van der Waals surface area contributed by atoms with Crippen molar-refractivity contribution in [3.8, 4) is 0 Å². The smallest absolute Gasteiger partial charge is 0.277 e. The first kappa shape index (κ1) is 11.9. The lowest BCUT2D eigenvalue weighted by Gasteiger charge is -2.01. The van der Waals surface area contributed by atoms with Crippen molar-refractivity contribution in [1.29, 1.82) is 0 Å². The molecule has 0 bridgehead atoms. The van der Waals surface area contributed by atoms with Gasteiger partial charge < -0.3 is 5.32 Å². The van der Waals surface area contributed by atoms with Crippen LogP contribution in [0.4, 0.5) is 5.00 Å². The molecule has 2 aromatic heterocycles. The molecule has 0 saturated carbocycles. The predicted octanol–water partition coefficient (Wildman–Crippen LogP) is 2.89. The molecule has 1 amide bonds. The number of carbonyl (C=O) groups is 1. The molecule has 0 atom stereocenters. The van der Waals surface area contributed by atoms with E-state index in [2.05, 4.69) is 19.9 Å². The second-order valence-electron chi connectivity index (χ2n) is 4.41. The molecule has 19 heavy (non-hydrogen) atoms. The molecule has 0 fully saturated rings. The van der Waals surface area contributed by atoms with Crippen LogP contribution >= 0.6 is 11.5 Å². The third kappa shape index (κ3) is 2.10. The number of carbonyl (C=O) groups excluding carboxylic acids is 1. The van der Waals surface area contributed by atoms with Gasteiger partial charge in [0.1, 0.15) is 5.00 Å². The number of amides is 1. The summed E-state index contributed by atoms with van der Waals surface area (Å²) in [5, 5.41) is 11.4. The third-order valence-corrected chi connectivity index (χ3v) is 3.73. The summed E-state index contributed by atoms with van der Waals surface area (Å²) in [5.74, 6) is -0.218. The number of nitrogens with zero attached hydrogens (tertiary/aromatic N) is 2. The van der Waals surface area contributed by atoms with Crippen molar-refractivity contribution >= 4 is 33.3 Å². The first-order chi connectivity index (χ1) is 9.15. The quantitative estimate of drug-likeness (QED) is 0.753. The second-order valence-corrected chi connectivity index (χ2v) is 5.21. The monoisotopic (exact) mass is 272 g/mol. The Morgan fingerprint density at radius 3 is 2.95 bits per heavy atom. The van der Waals surface area contributed by atoms with Crippen molar-refractivity contribution in [1.82, 2.24) is 14.6 Å². The summed E-state index contributed by atoms with van der Waals surface area (Å²) in [6, 6.07) is 5.86. The molecule has 6 heteroatoms. The number of H-pyrrole nitrogens is 1. The molecule has 96 valence electrons. The minimum Gasteiger partial charge on any atom is -0.311 e. The van der Waals surface area contributed by atoms with E-state index in [4.69, 9.17) is 0 Å². The lowest BCUT2D eigenvalue weighted by atomic mass is 10.1. The highest BCUT2D eigenvalue weighted by Gasteiger charge is 2.15. The number of anilines is 1. The molecular weight excluding hydrogens is 260 g/mol. The van der Waals surface area contributed by atoms with Gasteiger partial charge in [-0.15, -0.1) is 0 Å². The molecule has 0 radical (unpaired) electrons. The number of benzene rings is 1. The summed E-state index contributed by atoms with van der Waals surface area (Å²) >= 11 is 1.26. The number of hydrogen-bond acceptors (Lipinski definition) is 4. The molecule has 3 aromatic rings. The lowest BCUT2D eigenvalue weighted by Crippen LogP contribution is -2.12. The van der Waals surface area contributed by atoms with Crippen LogP contribution < -0.4 is 5.32 Å². The number of nitrogens with one attached hydrogen (secondary N) is 2. The minimum absolute atomic E-state index is 0.218. The van der Waals surface area contributed by atoms with E-state index in [0.717, 1.165) is 27.0 Å². The fourth-order valence-electron chi connectivity index (χ4n) is 1.87. The number of fused-ring (bicyclic) bond motifs is 1. The Kier molecular flexibility index (Phi) is 2.79. The van der Waals surface area contributed by atoms with Gasteiger partial charge >= 0.3 is 0 Å². The summed E-state index contributed by atoms with van der Waals surface area (Å²) < 4.78 is 4.03. The summed E-state index contributed by atoms with van der Waals surface area (Å²) in [6.07, 6.45) is 1.73. The normalized spacial score (nSPS) is 10.8. The standard InChI is InChI=1S/C13H12N4OS/c1-7-3-4-10-9(5-7)11(17-16-10)12(18)15-13-8(2)6-14-19-13/h3-6H,1-2H3,(H,15,18)(H,16,17). The van der Waals surface area contributed by atoms with E-state index in [9.17, 15) is 4.79 Å². The Bertz CT molecular complexity index is 759. The fourth-order valence-corrected chi connectivity index (χ4v) is 2.52. The highest BCUT2D eigenvalue weighted by molar-refractivity contribution is 7.10. The Labute approximate surface area is 113 Å². The van der Waals surface area contributed by atoms with Crippen molar-refractivity contribution in [2.24, 2.45) is 0 Å². The molecule has 2 heterocycles. The predicted molar refractivity (Wildman–Crippen MR) is 75.6 cm³/mol. The highest BCUT2D eigenvalue weighted by Crippen LogP contribution is 2.22. The number of rotatable bonds is 2. The van der Waals surface area contributed by atoms with Crippen LogP contribution in [-0.2, 0) is 0 Å². The fraction of sp³-hybridized carbons (Fsp3) is 0.154. The zero-order valence-corrected chi connectivity index (χ0v) is 11.3. The van der Waals surface area contributed by atoms with Crippen LogP contribution in [0.3, 0.4) is 0 Å². The van der Waals surface area contributed by atoms with Gasteiger partial charge in [-0.25, -0.2) is 0 Å². The molecule has 0 spiro atoms. The SMILES string of the molecule is Cc1ccc2[nH]nc(C(=O)Nc3sncc3C)c2c1. The summed E-state index contributed by atoms with van der Waals surface area (Å²) in [4.78, 5) is 12.2. The Morgan fingerprint density at radius 2 is 2.21 bits per heavy atom. The number of aromatic amines is 1. The van der Waals surface area contributed by atoms with Crippen molar-refractivity contribution in [3.63, 3.8) is 0 Å². The van der Waals surface area contributed by atoms with Gasteiger partial charge in [-0.2, -0.15) is 9.47 Å². The van der Waals surface area contributed by atoms with Crippen molar-refractivity contribution in [2.45, 2.75) is 13.8 Å². The van der Waals surface area contributed by atoms with Gasteiger partial charge in [0.2, 0.25) is 0 Å². The maximum Gasteiger partial charge on any atom is 0.277 e. The molecule has 3 rings (SSSR count). The Balaban J connectivity index is 1.98. The van der Waals surface area contributed by atoms with Crippen LogP contribution in [0.15, 0.2) is 24.4 Å². The summed E-state index contributed by atoms with van der Waals surface area (Å²) in [6.45, 7) is 3.90. The van der Waals surface area contributed by atoms with Gasteiger partial charge in [0.25, 0.3) is 5.91 Å². The van der Waals surface area contributed by atoms with Crippen molar-refractivity contribution in [3.05, 3.63) is 41.2 Å². The van der Waals surface area contributed by atoms with Gasteiger partial charge in [0.15, 0.2) is 5.69 Å². The first-order valence-electron chi connectivity index (χ1n) is 5.82. The topological polar surface area (TPSA) is 70.7 Å². The molecule has 0 aliphatic heterocycles. The van der Waals surface area contributed by atoms with E-state index >= 15 is 0 Å². The Morgan fingerprint density at radius 1 is 1.37 bits per heavy atom. The van der Waals surface area contributed by atoms with Crippen molar-refractivity contribution < 1.29 is 4.79 Å². The maximum absolute atomic E-state index is 12.2. The average molecular weight is 272 g/mol. The molecule has 0 aliphatic rings. The summed E-state index contributed by atoms with van der Waals surface area (Å²) in [7, 11) is 0. The van der Waals surface area contributed by atoms with E-state index in [1.807, 2.05) is 32.0 Å². The van der Waals surface area contributed by atoms with E-state index in [0.29, 0.717) is 5.69 Å². The molecule has 2 N–H and O–H groups in total. The van der Waals surface area contributed by atoms with E-state index in [1.165, 1.54) is 11.5 Å². The molecule has 1 aromatic carbocycles. The molecule has 0 saturated heterocycles. The Hall–Kier alpha value is -2.21. The number of aromatic nitrogens is 3. The second kappa shape index (κ2) is 4.47. The highest BCUT2D eigenvalue weighted by atomic mass is 32.1. The molecule has 0 unspecified atom stereocenters. The third-order valence-electron chi connectivity index (χ3n) is 2.91. The minimum atomic E-state index is -0.218. The largest absolute Gasteiger partial charge is 0.311 e. The van der Waals surface area contributed by atoms with Gasteiger partial charge in [-0.05, 0) is 37.5 Å². The van der Waals surface area contributed by atoms with Gasteiger partial charge in [0.05, 0.1) is 5.52 Å². The van der Waals surface area contributed by atoms with Crippen LogP contribution in [-0.4, -0.2) is 20.5 Å². The molecular formula is C13H12N4OS. The van der Waals surface area contributed by atoms with E-state index < -0.39 is 0 Å². The molecule has 5 nitrogen and oxygen atoms in total.